The highest BCUT2D eigenvalue weighted by Gasteiger charge is 2.33. The van der Waals surface area contributed by atoms with Gasteiger partial charge in [-0.2, -0.15) is 0 Å². The molecule has 2 N–H and O–H groups in total. The number of likely N-dealkylation sites (tertiary alicyclic amines) is 1. The van der Waals surface area contributed by atoms with Crippen LogP contribution < -0.4 is 5.32 Å². The average Bonchev–Trinajstić information content (AvgIpc) is 3.22. The first kappa shape index (κ1) is 19.5. The lowest BCUT2D eigenvalue weighted by Crippen LogP contribution is -2.34. The van der Waals surface area contributed by atoms with Crippen LogP contribution in [0.2, 0.25) is 0 Å². The molecular weight excluding hydrogens is 338 g/mol. The molecule has 2 heterocycles. The van der Waals surface area contributed by atoms with Crippen LogP contribution in [-0.2, 0) is 16.0 Å². The minimum Gasteiger partial charge on any atom is -0.361 e. The van der Waals surface area contributed by atoms with Crippen LogP contribution >= 0.6 is 0 Å². The van der Waals surface area contributed by atoms with Gasteiger partial charge in [0.1, 0.15) is 0 Å². The number of aromatic amines is 1. The van der Waals surface area contributed by atoms with Crippen molar-refractivity contribution < 1.29 is 9.59 Å². The standard InChI is InChI=1S/C22H31N3O2/c1-3-4-5-6-10-23-22(27)18-13-21(26)25(15-18)11-9-17-14-24-20-8-7-16(2)12-19(17)20/h7-8,12,14,18,24H,3-6,9-11,13,15H2,1-2H3,(H,23,27)/t18-/m0/s1. The Bertz CT molecular complexity index is 796. The zero-order valence-corrected chi connectivity index (χ0v) is 16.5. The van der Waals surface area contributed by atoms with Crippen LogP contribution in [0.4, 0.5) is 0 Å². The number of benzene rings is 1. The molecular formula is C22H31N3O2. The molecule has 146 valence electrons. The van der Waals surface area contributed by atoms with Gasteiger partial charge in [0.15, 0.2) is 0 Å². The first-order valence-electron chi connectivity index (χ1n) is 10.2. The number of aromatic nitrogens is 1. The summed E-state index contributed by atoms with van der Waals surface area (Å²) in [6.45, 7) is 6.19. The fourth-order valence-corrected chi connectivity index (χ4v) is 3.83. The van der Waals surface area contributed by atoms with E-state index in [0.29, 0.717) is 19.5 Å². The van der Waals surface area contributed by atoms with Gasteiger partial charge in [0.25, 0.3) is 0 Å². The zero-order chi connectivity index (χ0) is 19.2. The number of rotatable bonds is 9. The molecule has 1 saturated heterocycles. The van der Waals surface area contributed by atoms with Crippen molar-refractivity contribution in [2.24, 2.45) is 5.92 Å². The molecule has 0 bridgehead atoms. The lowest BCUT2D eigenvalue weighted by molar-refractivity contribution is -0.129. The lowest BCUT2D eigenvalue weighted by atomic mass is 10.1. The molecule has 0 radical (unpaired) electrons. The third-order valence-electron chi connectivity index (χ3n) is 5.49. The van der Waals surface area contributed by atoms with Crippen LogP contribution in [0.3, 0.4) is 0 Å². The third-order valence-corrected chi connectivity index (χ3v) is 5.49. The highest BCUT2D eigenvalue weighted by molar-refractivity contribution is 5.89. The largest absolute Gasteiger partial charge is 0.361 e. The van der Waals surface area contributed by atoms with E-state index in [1.165, 1.54) is 29.4 Å². The highest BCUT2D eigenvalue weighted by atomic mass is 16.2. The molecule has 1 aliphatic rings. The molecule has 1 fully saturated rings. The number of H-pyrrole nitrogens is 1. The van der Waals surface area contributed by atoms with Crippen LogP contribution in [0.5, 0.6) is 0 Å². The highest BCUT2D eigenvalue weighted by Crippen LogP contribution is 2.22. The van der Waals surface area contributed by atoms with Crippen molar-refractivity contribution in [1.82, 2.24) is 15.2 Å². The molecule has 0 saturated carbocycles. The average molecular weight is 370 g/mol. The number of nitrogens with one attached hydrogen (secondary N) is 2. The summed E-state index contributed by atoms with van der Waals surface area (Å²) in [5.74, 6) is -0.0730. The summed E-state index contributed by atoms with van der Waals surface area (Å²) in [7, 11) is 0. The van der Waals surface area contributed by atoms with Crippen LogP contribution in [0, 0.1) is 12.8 Å². The Kier molecular flexibility index (Phi) is 6.54. The second-order valence-electron chi connectivity index (χ2n) is 7.71. The Morgan fingerprint density at radius 3 is 2.96 bits per heavy atom. The molecule has 1 atom stereocenters. The van der Waals surface area contributed by atoms with E-state index in [-0.39, 0.29) is 17.7 Å². The predicted octanol–water partition coefficient (Wildman–Crippen LogP) is 3.56. The number of aryl methyl sites for hydroxylation is 1. The van der Waals surface area contributed by atoms with Gasteiger partial charge in [-0.15, -0.1) is 0 Å². The van der Waals surface area contributed by atoms with Gasteiger partial charge in [0.05, 0.1) is 5.92 Å². The maximum atomic E-state index is 12.3. The van der Waals surface area contributed by atoms with Crippen molar-refractivity contribution in [2.75, 3.05) is 19.6 Å². The summed E-state index contributed by atoms with van der Waals surface area (Å²) in [5.41, 5.74) is 3.59. The predicted molar refractivity (Wildman–Crippen MR) is 109 cm³/mol. The molecule has 5 heteroatoms. The normalized spacial score (nSPS) is 17.0. The fraction of sp³-hybridized carbons (Fsp3) is 0.545. The van der Waals surface area contributed by atoms with Gasteiger partial charge in [-0.05, 0) is 37.5 Å². The first-order chi connectivity index (χ1) is 13.1. The fourth-order valence-electron chi connectivity index (χ4n) is 3.83. The number of nitrogens with zero attached hydrogens (tertiary/aromatic N) is 1. The smallest absolute Gasteiger partial charge is 0.225 e. The van der Waals surface area contributed by atoms with Crippen molar-refractivity contribution in [1.29, 1.82) is 0 Å². The summed E-state index contributed by atoms with van der Waals surface area (Å²) < 4.78 is 0. The van der Waals surface area contributed by atoms with E-state index < -0.39 is 0 Å². The number of fused-ring (bicyclic) bond motifs is 1. The minimum atomic E-state index is -0.200. The second kappa shape index (κ2) is 9.07. The number of hydrogen-bond acceptors (Lipinski definition) is 2. The van der Waals surface area contributed by atoms with Gasteiger partial charge in [0, 0.05) is 43.2 Å². The van der Waals surface area contributed by atoms with Gasteiger partial charge in [0.2, 0.25) is 11.8 Å². The van der Waals surface area contributed by atoms with E-state index in [4.69, 9.17) is 0 Å². The Hall–Kier alpha value is -2.30. The molecule has 2 amide bonds. The molecule has 0 aliphatic carbocycles. The summed E-state index contributed by atoms with van der Waals surface area (Å²) >= 11 is 0. The minimum absolute atomic E-state index is 0.0325. The number of carbonyl (C=O) groups is 2. The summed E-state index contributed by atoms with van der Waals surface area (Å²) in [5, 5.41) is 4.23. The van der Waals surface area contributed by atoms with Gasteiger partial charge < -0.3 is 15.2 Å². The van der Waals surface area contributed by atoms with E-state index in [1.807, 2.05) is 11.1 Å². The summed E-state index contributed by atoms with van der Waals surface area (Å²) in [6.07, 6.45) is 7.75. The Morgan fingerprint density at radius 1 is 1.30 bits per heavy atom. The monoisotopic (exact) mass is 369 g/mol. The van der Waals surface area contributed by atoms with E-state index in [1.54, 1.807) is 0 Å². The van der Waals surface area contributed by atoms with Crippen molar-refractivity contribution in [3.05, 3.63) is 35.5 Å². The number of amides is 2. The second-order valence-corrected chi connectivity index (χ2v) is 7.71. The topological polar surface area (TPSA) is 65.2 Å². The van der Waals surface area contributed by atoms with Gasteiger partial charge in [-0.1, -0.05) is 37.8 Å². The molecule has 3 rings (SSSR count). The van der Waals surface area contributed by atoms with Crippen LogP contribution in [-0.4, -0.2) is 41.3 Å². The van der Waals surface area contributed by atoms with E-state index in [9.17, 15) is 9.59 Å². The number of hydrogen-bond donors (Lipinski definition) is 2. The Balaban J connectivity index is 1.49. The van der Waals surface area contributed by atoms with Crippen molar-refractivity contribution in [3.8, 4) is 0 Å². The van der Waals surface area contributed by atoms with Crippen LogP contribution in [0.15, 0.2) is 24.4 Å². The quantitative estimate of drug-likeness (QED) is 0.664. The molecule has 27 heavy (non-hydrogen) atoms. The SMILES string of the molecule is CCCCCCNC(=O)[C@H]1CC(=O)N(CCc2c[nH]c3ccc(C)cc23)C1. The maximum absolute atomic E-state index is 12.3. The van der Waals surface area contributed by atoms with Crippen molar-refractivity contribution in [2.45, 2.75) is 52.4 Å². The Morgan fingerprint density at radius 2 is 2.15 bits per heavy atom. The molecule has 5 nitrogen and oxygen atoms in total. The molecule has 1 aromatic carbocycles. The van der Waals surface area contributed by atoms with Gasteiger partial charge in [-0.3, -0.25) is 9.59 Å². The zero-order valence-electron chi connectivity index (χ0n) is 16.5. The van der Waals surface area contributed by atoms with E-state index >= 15 is 0 Å². The van der Waals surface area contributed by atoms with Gasteiger partial charge in [-0.25, -0.2) is 0 Å². The van der Waals surface area contributed by atoms with Crippen LogP contribution in [0.1, 0.15) is 50.2 Å². The first-order valence-corrected chi connectivity index (χ1v) is 10.2. The summed E-state index contributed by atoms with van der Waals surface area (Å²) in [6, 6.07) is 6.37. The summed E-state index contributed by atoms with van der Waals surface area (Å²) in [4.78, 5) is 29.8. The van der Waals surface area contributed by atoms with Crippen LogP contribution in [0.25, 0.3) is 10.9 Å². The van der Waals surface area contributed by atoms with Crippen molar-refractivity contribution >= 4 is 22.7 Å². The molecule has 1 aliphatic heterocycles. The molecule has 2 aromatic rings. The third kappa shape index (κ3) is 4.90. The molecule has 0 unspecified atom stereocenters. The number of unbranched alkanes of at least 4 members (excludes halogenated alkanes) is 3. The molecule has 0 spiro atoms. The van der Waals surface area contributed by atoms with Crippen molar-refractivity contribution in [3.63, 3.8) is 0 Å². The van der Waals surface area contributed by atoms with E-state index in [0.717, 1.165) is 31.3 Å². The Labute approximate surface area is 161 Å². The number of carbonyl (C=O) groups excluding carboxylic acids is 2. The van der Waals surface area contributed by atoms with E-state index in [2.05, 4.69) is 42.3 Å². The molecule has 1 aromatic heterocycles. The maximum Gasteiger partial charge on any atom is 0.225 e. The van der Waals surface area contributed by atoms with Gasteiger partial charge >= 0.3 is 0 Å². The lowest BCUT2D eigenvalue weighted by Gasteiger charge is -2.16.